The first-order chi connectivity index (χ1) is 14.9. The van der Waals surface area contributed by atoms with E-state index in [1.165, 1.54) is 5.56 Å². The summed E-state index contributed by atoms with van der Waals surface area (Å²) in [6.45, 7) is 6.40. The van der Waals surface area contributed by atoms with E-state index in [9.17, 15) is 4.79 Å². The number of carbonyl (C=O) groups excluding carboxylic acids is 1. The number of methoxy groups -OCH3 is 2. The molecule has 3 rings (SSSR count). The van der Waals surface area contributed by atoms with Crippen molar-refractivity contribution in [3.05, 3.63) is 48.0 Å². The third-order valence-corrected chi connectivity index (χ3v) is 5.84. The van der Waals surface area contributed by atoms with Crippen molar-refractivity contribution < 1.29 is 14.3 Å². The van der Waals surface area contributed by atoms with Crippen LogP contribution in [-0.2, 0) is 11.3 Å². The van der Waals surface area contributed by atoms with Gasteiger partial charge in [0.25, 0.3) is 0 Å². The van der Waals surface area contributed by atoms with Crippen molar-refractivity contribution in [2.24, 2.45) is 0 Å². The molecular formula is C24H34N4O3. The maximum atomic E-state index is 12.7. The van der Waals surface area contributed by atoms with Gasteiger partial charge in [-0.15, -0.1) is 0 Å². The van der Waals surface area contributed by atoms with Gasteiger partial charge in [0.1, 0.15) is 0 Å². The van der Waals surface area contributed by atoms with Crippen molar-refractivity contribution in [3.63, 3.8) is 0 Å². The molecule has 31 heavy (non-hydrogen) atoms. The van der Waals surface area contributed by atoms with Crippen LogP contribution in [-0.4, -0.2) is 76.2 Å². The fraction of sp³-hybridized carbons (Fsp3) is 0.458. The van der Waals surface area contributed by atoms with Crippen LogP contribution < -0.4 is 19.7 Å². The molecule has 1 heterocycles. The number of carbonyl (C=O) groups is 1. The van der Waals surface area contributed by atoms with E-state index in [2.05, 4.69) is 21.2 Å². The van der Waals surface area contributed by atoms with Crippen molar-refractivity contribution in [1.29, 1.82) is 0 Å². The van der Waals surface area contributed by atoms with E-state index in [-0.39, 0.29) is 11.9 Å². The molecule has 1 atom stereocenters. The zero-order valence-electron chi connectivity index (χ0n) is 19.2. The van der Waals surface area contributed by atoms with Crippen molar-refractivity contribution in [3.8, 4) is 11.5 Å². The minimum Gasteiger partial charge on any atom is -0.493 e. The Hall–Kier alpha value is -2.77. The van der Waals surface area contributed by atoms with Crippen LogP contribution in [0.15, 0.2) is 42.5 Å². The van der Waals surface area contributed by atoms with Crippen molar-refractivity contribution in [1.82, 2.24) is 9.80 Å². The topological polar surface area (TPSA) is 57.3 Å². The van der Waals surface area contributed by atoms with Crippen LogP contribution in [0, 0.1) is 0 Å². The number of anilines is 2. The molecule has 1 N–H and O–H groups in total. The largest absolute Gasteiger partial charge is 0.493 e. The molecule has 7 heteroatoms. The summed E-state index contributed by atoms with van der Waals surface area (Å²) in [7, 11) is 7.30. The number of nitrogens with one attached hydrogen (secondary N) is 1. The van der Waals surface area contributed by atoms with E-state index in [1.807, 2.05) is 62.3 Å². The minimum atomic E-state index is -0.170. The van der Waals surface area contributed by atoms with Gasteiger partial charge in [-0.05, 0) is 48.9 Å². The second-order valence-electron chi connectivity index (χ2n) is 8.11. The average molecular weight is 427 g/mol. The van der Waals surface area contributed by atoms with E-state index in [0.29, 0.717) is 0 Å². The van der Waals surface area contributed by atoms with Gasteiger partial charge in [0.15, 0.2) is 11.5 Å². The van der Waals surface area contributed by atoms with E-state index >= 15 is 0 Å². The summed E-state index contributed by atoms with van der Waals surface area (Å²) in [4.78, 5) is 19.4. The Morgan fingerprint density at radius 3 is 2.23 bits per heavy atom. The number of piperazine rings is 1. The predicted molar refractivity (Wildman–Crippen MR) is 125 cm³/mol. The summed E-state index contributed by atoms with van der Waals surface area (Å²) in [5.74, 6) is 1.53. The van der Waals surface area contributed by atoms with Gasteiger partial charge in [-0.1, -0.05) is 6.07 Å². The first kappa shape index (κ1) is 22.9. The number of benzene rings is 2. The predicted octanol–water partition coefficient (Wildman–Crippen LogP) is 2.91. The molecule has 0 bridgehead atoms. The number of hydrogen-bond donors (Lipinski definition) is 1. The lowest BCUT2D eigenvalue weighted by atomic mass is 10.1. The van der Waals surface area contributed by atoms with E-state index in [0.717, 1.165) is 55.6 Å². The quantitative estimate of drug-likeness (QED) is 0.701. The van der Waals surface area contributed by atoms with Crippen LogP contribution in [0.3, 0.4) is 0 Å². The van der Waals surface area contributed by atoms with Gasteiger partial charge in [-0.25, -0.2) is 0 Å². The van der Waals surface area contributed by atoms with E-state index < -0.39 is 0 Å². The van der Waals surface area contributed by atoms with Crippen LogP contribution >= 0.6 is 0 Å². The van der Waals surface area contributed by atoms with Crippen molar-refractivity contribution in [2.45, 2.75) is 19.5 Å². The van der Waals surface area contributed by atoms with Gasteiger partial charge < -0.3 is 19.7 Å². The smallest absolute Gasteiger partial charge is 0.241 e. The molecule has 168 valence electrons. The summed E-state index contributed by atoms with van der Waals surface area (Å²) in [5.41, 5.74) is 3.13. The van der Waals surface area contributed by atoms with Gasteiger partial charge >= 0.3 is 0 Å². The molecule has 1 saturated heterocycles. The summed E-state index contributed by atoms with van der Waals surface area (Å²) >= 11 is 0. The Balaban J connectivity index is 1.50. The zero-order valence-corrected chi connectivity index (χ0v) is 19.2. The maximum absolute atomic E-state index is 12.7. The number of hydrogen-bond acceptors (Lipinski definition) is 6. The molecule has 1 aliphatic heterocycles. The Morgan fingerprint density at radius 2 is 1.65 bits per heavy atom. The molecular weight excluding hydrogens is 392 g/mol. The second-order valence-corrected chi connectivity index (χ2v) is 8.11. The molecule has 1 fully saturated rings. The molecule has 2 aromatic rings. The Labute approximate surface area is 185 Å². The Kier molecular flexibility index (Phi) is 7.76. The molecule has 1 amide bonds. The fourth-order valence-corrected chi connectivity index (χ4v) is 3.80. The molecule has 0 spiro atoms. The third kappa shape index (κ3) is 5.89. The van der Waals surface area contributed by atoms with E-state index in [4.69, 9.17) is 9.47 Å². The van der Waals surface area contributed by atoms with Gasteiger partial charge in [0, 0.05) is 58.2 Å². The third-order valence-electron chi connectivity index (χ3n) is 5.84. The molecule has 0 saturated carbocycles. The Bertz CT molecular complexity index is 862. The normalized spacial score (nSPS) is 15.9. The van der Waals surface area contributed by atoms with Crippen molar-refractivity contribution >= 4 is 17.3 Å². The summed E-state index contributed by atoms with van der Waals surface area (Å²) in [5, 5.41) is 3.04. The van der Waals surface area contributed by atoms with Gasteiger partial charge in [-0.2, -0.15) is 0 Å². The van der Waals surface area contributed by atoms with Crippen LogP contribution in [0.25, 0.3) is 0 Å². The molecule has 0 radical (unpaired) electrons. The van der Waals surface area contributed by atoms with Gasteiger partial charge in [-0.3, -0.25) is 14.6 Å². The summed E-state index contributed by atoms with van der Waals surface area (Å²) in [6, 6.07) is 13.8. The lowest BCUT2D eigenvalue weighted by Crippen LogP contribution is -2.52. The van der Waals surface area contributed by atoms with Crippen LogP contribution in [0.5, 0.6) is 11.5 Å². The number of nitrogens with zero attached hydrogens (tertiary/aromatic N) is 3. The zero-order chi connectivity index (χ0) is 22.4. The SMILES string of the molecule is COc1ccc(CN2CCN(C(C)C(=O)Nc3ccc(N(C)C)cc3)CC2)cc1OC. The van der Waals surface area contributed by atoms with Crippen LogP contribution in [0.4, 0.5) is 11.4 Å². The molecule has 7 nitrogen and oxygen atoms in total. The first-order valence-corrected chi connectivity index (χ1v) is 10.7. The highest BCUT2D eigenvalue weighted by Gasteiger charge is 2.25. The van der Waals surface area contributed by atoms with Gasteiger partial charge in [0.05, 0.1) is 20.3 Å². The minimum absolute atomic E-state index is 0.0333. The second kappa shape index (κ2) is 10.5. The van der Waals surface area contributed by atoms with E-state index in [1.54, 1.807) is 14.2 Å². The first-order valence-electron chi connectivity index (χ1n) is 10.7. The Morgan fingerprint density at radius 1 is 1.00 bits per heavy atom. The molecule has 0 aromatic heterocycles. The summed E-state index contributed by atoms with van der Waals surface area (Å²) in [6.07, 6.45) is 0. The number of amides is 1. The lowest BCUT2D eigenvalue weighted by molar-refractivity contribution is -0.121. The lowest BCUT2D eigenvalue weighted by Gasteiger charge is -2.37. The average Bonchev–Trinajstić information content (AvgIpc) is 2.79. The monoisotopic (exact) mass is 426 g/mol. The number of rotatable bonds is 8. The number of ether oxygens (including phenoxy) is 2. The van der Waals surface area contributed by atoms with Gasteiger partial charge in [0.2, 0.25) is 5.91 Å². The highest BCUT2D eigenvalue weighted by molar-refractivity contribution is 5.94. The van der Waals surface area contributed by atoms with Crippen LogP contribution in [0.2, 0.25) is 0 Å². The van der Waals surface area contributed by atoms with Crippen molar-refractivity contribution in [2.75, 3.05) is 64.7 Å². The maximum Gasteiger partial charge on any atom is 0.241 e. The van der Waals surface area contributed by atoms with Crippen LogP contribution in [0.1, 0.15) is 12.5 Å². The standard InChI is InChI=1S/C24H34N4O3/c1-18(24(29)25-20-7-9-21(10-8-20)26(2)3)28-14-12-27(13-15-28)17-19-6-11-22(30-4)23(16-19)31-5/h6-11,16,18H,12-15,17H2,1-5H3,(H,25,29). The fourth-order valence-electron chi connectivity index (χ4n) is 3.80. The molecule has 2 aromatic carbocycles. The molecule has 1 aliphatic rings. The summed E-state index contributed by atoms with van der Waals surface area (Å²) < 4.78 is 10.7. The molecule has 1 unspecified atom stereocenters. The highest BCUT2D eigenvalue weighted by atomic mass is 16.5. The molecule has 0 aliphatic carbocycles. The highest BCUT2D eigenvalue weighted by Crippen LogP contribution is 2.28.